The minimum absolute atomic E-state index is 0.00763. The molecule has 0 aliphatic carbocycles. The Bertz CT molecular complexity index is 1040. The van der Waals surface area contributed by atoms with Gasteiger partial charge in [0.2, 0.25) is 0 Å². The van der Waals surface area contributed by atoms with E-state index in [0.717, 1.165) is 22.9 Å². The molecule has 27 heavy (non-hydrogen) atoms. The molecular weight excluding hydrogens is 369 g/mol. The van der Waals surface area contributed by atoms with Gasteiger partial charge >= 0.3 is 6.01 Å². The van der Waals surface area contributed by atoms with E-state index in [-0.39, 0.29) is 17.5 Å². The first-order valence-corrected chi connectivity index (χ1v) is 9.62. The predicted octanol–water partition coefficient (Wildman–Crippen LogP) is 3.61. The van der Waals surface area contributed by atoms with Crippen LogP contribution in [0.2, 0.25) is 0 Å². The molecule has 2 aromatic carbocycles. The van der Waals surface area contributed by atoms with E-state index in [4.69, 9.17) is 4.74 Å². The summed E-state index contributed by atoms with van der Waals surface area (Å²) in [6.07, 6.45) is 0.866. The standard InChI is InChI=1S/C19H18FN3O3S/c1-13-3-7-15(8-4-13)12-26-19-21-11-17(20)18(22-19)23-27(24,25)16-9-5-14(2)6-10-16/h3-11H,12H2,1-2H3,(H,21,22,23). The summed E-state index contributed by atoms with van der Waals surface area (Å²) < 4.78 is 46.4. The van der Waals surface area contributed by atoms with E-state index in [1.54, 1.807) is 12.1 Å². The molecule has 0 spiro atoms. The molecule has 8 heteroatoms. The van der Waals surface area contributed by atoms with Crippen molar-refractivity contribution in [3.8, 4) is 6.01 Å². The summed E-state index contributed by atoms with van der Waals surface area (Å²) in [5.74, 6) is -1.36. The third-order valence-electron chi connectivity index (χ3n) is 3.77. The lowest BCUT2D eigenvalue weighted by Gasteiger charge is -2.10. The van der Waals surface area contributed by atoms with Crippen molar-refractivity contribution >= 4 is 15.8 Å². The fraction of sp³-hybridized carbons (Fsp3) is 0.158. The van der Waals surface area contributed by atoms with E-state index < -0.39 is 21.7 Å². The van der Waals surface area contributed by atoms with E-state index in [1.807, 2.05) is 38.1 Å². The number of anilines is 1. The molecule has 0 unspecified atom stereocenters. The molecule has 3 aromatic rings. The molecule has 1 aromatic heterocycles. The van der Waals surface area contributed by atoms with Gasteiger partial charge in [-0.2, -0.15) is 4.98 Å². The molecule has 0 fully saturated rings. The first kappa shape index (κ1) is 18.8. The SMILES string of the molecule is Cc1ccc(COc2ncc(F)c(NS(=O)(=O)c3ccc(C)cc3)n2)cc1. The Kier molecular flexibility index (Phi) is 5.36. The Hall–Kier alpha value is -3.00. The summed E-state index contributed by atoms with van der Waals surface area (Å²) in [6, 6.07) is 13.7. The number of nitrogens with one attached hydrogen (secondary N) is 1. The molecule has 0 aliphatic heterocycles. The molecule has 1 N–H and O–H groups in total. The van der Waals surface area contributed by atoms with Crippen molar-refractivity contribution in [1.82, 2.24) is 9.97 Å². The zero-order valence-corrected chi connectivity index (χ0v) is 15.6. The van der Waals surface area contributed by atoms with Gasteiger partial charge in [-0.1, -0.05) is 47.5 Å². The maximum Gasteiger partial charge on any atom is 0.318 e. The number of rotatable bonds is 6. The van der Waals surface area contributed by atoms with Crippen molar-refractivity contribution < 1.29 is 17.5 Å². The molecule has 0 aliphatic rings. The molecule has 0 saturated carbocycles. The van der Waals surface area contributed by atoms with E-state index in [0.29, 0.717) is 0 Å². The molecule has 6 nitrogen and oxygen atoms in total. The highest BCUT2D eigenvalue weighted by atomic mass is 32.2. The van der Waals surface area contributed by atoms with Gasteiger partial charge in [0.1, 0.15) is 6.61 Å². The van der Waals surface area contributed by atoms with Gasteiger partial charge in [0.25, 0.3) is 10.0 Å². The third kappa shape index (κ3) is 4.79. The van der Waals surface area contributed by atoms with Crippen LogP contribution in [0, 0.1) is 19.7 Å². The van der Waals surface area contributed by atoms with Gasteiger partial charge in [-0.3, -0.25) is 4.72 Å². The Labute approximate surface area is 157 Å². The summed E-state index contributed by atoms with van der Waals surface area (Å²) in [7, 11) is -3.98. The van der Waals surface area contributed by atoms with Crippen molar-refractivity contribution in [3.05, 3.63) is 77.2 Å². The fourth-order valence-electron chi connectivity index (χ4n) is 2.23. The van der Waals surface area contributed by atoms with Crippen LogP contribution in [0.25, 0.3) is 0 Å². The second-order valence-corrected chi connectivity index (χ2v) is 7.72. The van der Waals surface area contributed by atoms with Crippen molar-refractivity contribution in [1.29, 1.82) is 0 Å². The largest absolute Gasteiger partial charge is 0.459 e. The van der Waals surface area contributed by atoms with Crippen LogP contribution in [-0.4, -0.2) is 18.4 Å². The third-order valence-corrected chi connectivity index (χ3v) is 5.13. The van der Waals surface area contributed by atoms with Gasteiger partial charge in [-0.25, -0.2) is 17.8 Å². The minimum Gasteiger partial charge on any atom is -0.459 e. The summed E-state index contributed by atoms with van der Waals surface area (Å²) in [5, 5.41) is 0. The first-order valence-electron chi connectivity index (χ1n) is 8.14. The average Bonchev–Trinajstić information content (AvgIpc) is 2.64. The molecule has 0 atom stereocenters. The number of aryl methyl sites for hydroxylation is 2. The number of nitrogens with zero attached hydrogens (tertiary/aromatic N) is 2. The van der Waals surface area contributed by atoms with Crippen LogP contribution in [-0.2, 0) is 16.6 Å². The van der Waals surface area contributed by atoms with Crippen LogP contribution >= 0.6 is 0 Å². The van der Waals surface area contributed by atoms with E-state index >= 15 is 0 Å². The summed E-state index contributed by atoms with van der Waals surface area (Å²) >= 11 is 0. The van der Waals surface area contributed by atoms with Gasteiger partial charge in [0.05, 0.1) is 11.1 Å². The van der Waals surface area contributed by atoms with Gasteiger partial charge in [0.15, 0.2) is 11.6 Å². The zero-order valence-electron chi connectivity index (χ0n) is 14.8. The van der Waals surface area contributed by atoms with Crippen molar-refractivity contribution in [3.63, 3.8) is 0 Å². The lowest BCUT2D eigenvalue weighted by Crippen LogP contribution is -2.16. The second-order valence-electron chi connectivity index (χ2n) is 6.04. The number of sulfonamides is 1. The van der Waals surface area contributed by atoms with Crippen LogP contribution < -0.4 is 9.46 Å². The van der Waals surface area contributed by atoms with Crippen LogP contribution in [0.5, 0.6) is 6.01 Å². The Morgan fingerprint density at radius 3 is 2.22 bits per heavy atom. The highest BCUT2D eigenvalue weighted by Crippen LogP contribution is 2.19. The van der Waals surface area contributed by atoms with E-state index in [2.05, 4.69) is 14.7 Å². The predicted molar refractivity (Wildman–Crippen MR) is 99.5 cm³/mol. The monoisotopic (exact) mass is 387 g/mol. The van der Waals surface area contributed by atoms with Crippen molar-refractivity contribution in [2.45, 2.75) is 25.3 Å². The number of halogens is 1. The first-order chi connectivity index (χ1) is 12.8. The van der Waals surface area contributed by atoms with E-state index in [9.17, 15) is 12.8 Å². The number of hydrogen-bond donors (Lipinski definition) is 1. The quantitative estimate of drug-likeness (QED) is 0.699. The normalized spacial score (nSPS) is 11.2. The number of benzene rings is 2. The van der Waals surface area contributed by atoms with Gasteiger partial charge in [0, 0.05) is 0 Å². The Morgan fingerprint density at radius 2 is 1.59 bits per heavy atom. The molecule has 0 radical (unpaired) electrons. The zero-order chi connectivity index (χ0) is 19.4. The smallest absolute Gasteiger partial charge is 0.318 e. The van der Waals surface area contributed by atoms with Crippen LogP contribution in [0.4, 0.5) is 10.2 Å². The number of aromatic nitrogens is 2. The summed E-state index contributed by atoms with van der Waals surface area (Å²) in [6.45, 7) is 3.99. The van der Waals surface area contributed by atoms with Crippen LogP contribution in [0.1, 0.15) is 16.7 Å². The summed E-state index contributed by atoms with van der Waals surface area (Å²) in [5.41, 5.74) is 2.91. The molecule has 3 rings (SSSR count). The second kappa shape index (κ2) is 7.71. The number of ether oxygens (including phenoxy) is 1. The lowest BCUT2D eigenvalue weighted by molar-refractivity contribution is 0.280. The maximum absolute atomic E-state index is 14.0. The Morgan fingerprint density at radius 1 is 1.00 bits per heavy atom. The van der Waals surface area contributed by atoms with Crippen LogP contribution in [0.3, 0.4) is 0 Å². The van der Waals surface area contributed by atoms with Crippen molar-refractivity contribution in [2.75, 3.05) is 4.72 Å². The fourth-order valence-corrected chi connectivity index (χ4v) is 3.24. The highest BCUT2D eigenvalue weighted by Gasteiger charge is 2.18. The average molecular weight is 387 g/mol. The van der Waals surface area contributed by atoms with Crippen LogP contribution in [0.15, 0.2) is 59.6 Å². The van der Waals surface area contributed by atoms with Gasteiger partial charge in [-0.05, 0) is 31.5 Å². The Balaban J connectivity index is 1.76. The molecule has 0 amide bonds. The minimum atomic E-state index is -3.98. The molecule has 140 valence electrons. The van der Waals surface area contributed by atoms with Gasteiger partial charge < -0.3 is 4.74 Å². The topological polar surface area (TPSA) is 81.2 Å². The molecule has 0 saturated heterocycles. The molecule has 0 bridgehead atoms. The molecule has 1 heterocycles. The highest BCUT2D eigenvalue weighted by molar-refractivity contribution is 7.92. The number of hydrogen-bond acceptors (Lipinski definition) is 5. The molecular formula is C19H18FN3O3S. The van der Waals surface area contributed by atoms with Crippen molar-refractivity contribution in [2.24, 2.45) is 0 Å². The van der Waals surface area contributed by atoms with Gasteiger partial charge in [-0.15, -0.1) is 0 Å². The summed E-state index contributed by atoms with van der Waals surface area (Å²) in [4.78, 5) is 7.58. The lowest BCUT2D eigenvalue weighted by atomic mass is 10.2. The maximum atomic E-state index is 14.0. The van der Waals surface area contributed by atoms with E-state index in [1.165, 1.54) is 12.1 Å².